The molecule has 0 aromatic heterocycles. The fourth-order valence-electron chi connectivity index (χ4n) is 0.672. The van der Waals surface area contributed by atoms with Gasteiger partial charge in [0.15, 0.2) is 5.40 Å². The fraction of sp³-hybridized carbons (Fsp3) is 1.00. The third-order valence-corrected chi connectivity index (χ3v) is 5.23. The van der Waals surface area contributed by atoms with Crippen LogP contribution in [0.5, 0.6) is 0 Å². The maximum absolute atomic E-state index is 10.4. The zero-order valence-corrected chi connectivity index (χ0v) is 10.6. The van der Waals surface area contributed by atoms with Crippen molar-refractivity contribution in [3.63, 3.8) is 0 Å². The molecule has 0 saturated carbocycles. The molecule has 12 heavy (non-hydrogen) atoms. The van der Waals surface area contributed by atoms with E-state index in [2.05, 4.69) is 0 Å². The Morgan fingerprint density at radius 2 is 1.42 bits per heavy atom. The molecular weight excluding hydrogens is 217 g/mol. The number of hydrogen-bond acceptors (Lipinski definition) is 2. The van der Waals surface area contributed by atoms with Gasteiger partial charge in [0.25, 0.3) is 0 Å². The first-order valence-corrected chi connectivity index (χ1v) is 6.16. The van der Waals surface area contributed by atoms with Crippen LogP contribution in [0.4, 0.5) is 0 Å². The molecule has 0 radical (unpaired) electrons. The van der Waals surface area contributed by atoms with Gasteiger partial charge in [0, 0.05) is 0 Å². The van der Waals surface area contributed by atoms with E-state index in [4.69, 9.17) is 19.6 Å². The Morgan fingerprint density at radius 3 is 1.42 bits per heavy atom. The molecule has 6 nitrogen and oxygen atoms in total. The van der Waals surface area contributed by atoms with Crippen LogP contribution >= 0.6 is 15.2 Å². The fourth-order valence-corrected chi connectivity index (χ4v) is 3.19. The average Bonchev–Trinajstić information content (AvgIpc) is 1.56. The van der Waals surface area contributed by atoms with Crippen LogP contribution in [0.2, 0.25) is 0 Å². The molecule has 0 heterocycles. The van der Waals surface area contributed by atoms with Crippen molar-refractivity contribution >= 4 is 15.2 Å². The van der Waals surface area contributed by atoms with Crippen LogP contribution in [0.1, 0.15) is 14.8 Å². The minimum atomic E-state index is -4.66. The first-order chi connectivity index (χ1) is 4.69. The molecule has 0 atom stereocenters. The molecule has 0 amide bonds. The van der Waals surface area contributed by atoms with E-state index in [1.165, 1.54) is 6.92 Å². The first-order valence-electron chi connectivity index (χ1n) is 2.80. The Kier molecular flexibility index (Phi) is 6.89. The van der Waals surface area contributed by atoms with Gasteiger partial charge < -0.3 is 21.0 Å². The van der Waals surface area contributed by atoms with E-state index in [1.807, 2.05) is 0 Å². The second-order valence-corrected chi connectivity index (χ2v) is 6.08. The van der Waals surface area contributed by atoms with Crippen LogP contribution in [0.3, 0.4) is 0 Å². The average molecular weight is 228 g/mol. The van der Waals surface area contributed by atoms with E-state index in [1.54, 1.807) is 0 Å². The third-order valence-electron chi connectivity index (χ3n) is 1.14. The second kappa shape index (κ2) is 5.25. The summed E-state index contributed by atoms with van der Waals surface area (Å²) in [6.07, 6.45) is -0.242. The molecule has 0 rings (SSSR count). The molecule has 0 aromatic rings. The summed E-state index contributed by atoms with van der Waals surface area (Å²) in [6.45, 7) is 1.31. The molecule has 4 N–H and O–H groups in total. The molecule has 0 aliphatic heterocycles. The van der Waals surface area contributed by atoms with Gasteiger partial charge >= 0.3 is 44.7 Å². The zero-order valence-electron chi connectivity index (χ0n) is 7.78. The Morgan fingerprint density at radius 1 is 1.17 bits per heavy atom. The van der Waals surface area contributed by atoms with Crippen molar-refractivity contribution in [2.24, 2.45) is 0 Å². The Hall–Kier alpha value is 1.30. The van der Waals surface area contributed by atoms with Gasteiger partial charge in [0.2, 0.25) is 0 Å². The van der Waals surface area contributed by atoms with Gasteiger partial charge in [0.1, 0.15) is 0 Å². The molecule has 0 fully saturated rings. The van der Waals surface area contributed by atoms with Crippen molar-refractivity contribution in [1.82, 2.24) is 0 Å². The molecule has 0 saturated heterocycles. The molecule has 0 unspecified atom stereocenters. The predicted octanol–water partition coefficient (Wildman–Crippen LogP) is -2.81. The Balaban J connectivity index is -0.000000500. The van der Waals surface area contributed by atoms with Crippen LogP contribution in [-0.2, 0) is 9.13 Å². The van der Waals surface area contributed by atoms with Crippen LogP contribution in [0.15, 0.2) is 0 Å². The van der Waals surface area contributed by atoms with Crippen molar-refractivity contribution in [3.8, 4) is 0 Å². The van der Waals surface area contributed by atoms with Gasteiger partial charge in [-0.05, 0) is 6.42 Å². The summed E-state index contributed by atoms with van der Waals surface area (Å²) in [5.41, 5.74) is 0. The van der Waals surface area contributed by atoms with Gasteiger partial charge in [-0.2, -0.15) is 0 Å². The van der Waals surface area contributed by atoms with Crippen molar-refractivity contribution in [2.45, 2.75) is 18.7 Å². The summed E-state index contributed by atoms with van der Waals surface area (Å²) in [4.78, 5) is 33.7. The van der Waals surface area contributed by atoms with E-state index in [0.717, 1.165) is 0 Å². The maximum Gasteiger partial charge on any atom is 1.00 e. The van der Waals surface area contributed by atoms with Crippen LogP contribution < -0.4 is 29.6 Å². The largest absolute Gasteiger partial charge is 1.00 e. The summed E-state index contributed by atoms with van der Waals surface area (Å²) >= 11 is 0. The number of rotatable bonds is 3. The molecule has 0 bridgehead atoms. The minimum absolute atomic E-state index is 0. The van der Waals surface area contributed by atoms with Gasteiger partial charge in [-0.3, -0.25) is 9.13 Å². The van der Waals surface area contributed by atoms with E-state index in [-0.39, 0.29) is 37.4 Å². The first kappa shape index (κ1) is 15.8. The third kappa shape index (κ3) is 5.12. The van der Waals surface area contributed by atoms with E-state index >= 15 is 0 Å². The molecule has 9 heteroatoms. The number of hydrogen-bond donors (Lipinski definition) is 4. The molecular formula is C3H11NaO6P2. The van der Waals surface area contributed by atoms with Gasteiger partial charge in [-0.1, -0.05) is 6.92 Å². The van der Waals surface area contributed by atoms with Gasteiger partial charge in [0.05, 0.1) is 0 Å². The van der Waals surface area contributed by atoms with Gasteiger partial charge in [-0.15, -0.1) is 0 Å². The van der Waals surface area contributed by atoms with Crippen molar-refractivity contribution in [1.29, 1.82) is 0 Å². The Labute approximate surface area is 93.5 Å². The topological polar surface area (TPSA) is 115 Å². The summed E-state index contributed by atoms with van der Waals surface area (Å²) in [5.74, 6) is 0. The predicted molar refractivity (Wildman–Crippen MR) is 39.3 cm³/mol. The molecule has 0 aliphatic carbocycles. The quantitative estimate of drug-likeness (QED) is 0.306. The zero-order chi connectivity index (χ0) is 9.28. The summed E-state index contributed by atoms with van der Waals surface area (Å²) in [6, 6.07) is 0. The summed E-state index contributed by atoms with van der Waals surface area (Å²) < 4.78 is 20.8. The maximum atomic E-state index is 10.4. The van der Waals surface area contributed by atoms with Crippen molar-refractivity contribution in [3.05, 3.63) is 0 Å². The van der Waals surface area contributed by atoms with Crippen LogP contribution in [0.25, 0.3) is 0 Å². The van der Waals surface area contributed by atoms with E-state index in [0.29, 0.717) is 0 Å². The normalized spacial score (nSPS) is 12.8. The SMILES string of the molecule is CCC(P(=O)(O)O)P(=O)(O)O.[H-].[Na+]. The molecule has 70 valence electrons. The van der Waals surface area contributed by atoms with E-state index < -0.39 is 20.6 Å². The molecule has 0 spiro atoms. The van der Waals surface area contributed by atoms with Gasteiger partial charge in [-0.25, -0.2) is 0 Å². The minimum Gasteiger partial charge on any atom is -1.00 e. The standard InChI is InChI=1S/C3H10O6P2.Na.H/c1-2-3(10(4,5)6)11(7,8)9;;/h3H,2H2,1H3,(H2,4,5,6)(H2,7,8,9);;/q;+1;-1. The van der Waals surface area contributed by atoms with Crippen molar-refractivity contribution < 1.29 is 59.7 Å². The van der Waals surface area contributed by atoms with E-state index in [9.17, 15) is 9.13 Å². The summed E-state index contributed by atoms with van der Waals surface area (Å²) in [7, 11) is -9.32. The summed E-state index contributed by atoms with van der Waals surface area (Å²) in [5, 5.41) is -1.85. The Bertz CT molecular complexity index is 200. The van der Waals surface area contributed by atoms with Crippen LogP contribution in [-0.4, -0.2) is 25.0 Å². The van der Waals surface area contributed by atoms with Crippen molar-refractivity contribution in [2.75, 3.05) is 0 Å². The smallest absolute Gasteiger partial charge is 1.00 e. The molecule has 0 aromatic carbocycles. The monoisotopic (exact) mass is 228 g/mol. The van der Waals surface area contributed by atoms with Crippen LogP contribution in [0, 0.1) is 0 Å². The molecule has 0 aliphatic rings. The second-order valence-electron chi connectivity index (χ2n) is 2.07.